The van der Waals surface area contributed by atoms with Crippen LogP contribution in [0.1, 0.15) is 11.1 Å². The molecule has 0 N–H and O–H groups in total. The number of ether oxygens (including phenoxy) is 4. The van der Waals surface area contributed by atoms with Crippen LogP contribution in [0.4, 0.5) is 0 Å². The maximum atomic E-state index is 5.97. The first kappa shape index (κ1) is 17.7. The Hall–Kier alpha value is -3.14. The summed E-state index contributed by atoms with van der Waals surface area (Å²) in [6.07, 6.45) is 0. The largest absolute Gasteiger partial charge is 0.497 e. The van der Waals surface area contributed by atoms with Crippen molar-refractivity contribution < 1.29 is 18.9 Å². The number of methoxy groups -OCH3 is 2. The SMILES string of the molecule is COc1cc(COc2ccccc2OCc2ccccc2)cc(OC)c1. The molecule has 0 aliphatic heterocycles. The van der Waals surface area contributed by atoms with Crippen molar-refractivity contribution in [2.45, 2.75) is 13.2 Å². The molecule has 0 heterocycles. The van der Waals surface area contributed by atoms with E-state index in [1.807, 2.05) is 72.8 Å². The zero-order valence-corrected chi connectivity index (χ0v) is 15.0. The minimum Gasteiger partial charge on any atom is -0.497 e. The molecule has 0 aromatic heterocycles. The molecule has 0 aliphatic carbocycles. The minimum atomic E-state index is 0.388. The number of rotatable bonds is 8. The van der Waals surface area contributed by atoms with Crippen LogP contribution in [-0.4, -0.2) is 14.2 Å². The maximum absolute atomic E-state index is 5.97. The molecule has 0 unspecified atom stereocenters. The van der Waals surface area contributed by atoms with Crippen LogP contribution in [-0.2, 0) is 13.2 Å². The maximum Gasteiger partial charge on any atom is 0.161 e. The van der Waals surface area contributed by atoms with Crippen LogP contribution >= 0.6 is 0 Å². The molecule has 0 spiro atoms. The standard InChI is InChI=1S/C22H22O4/c1-23-19-12-18(13-20(14-19)24-2)16-26-22-11-7-6-10-21(22)25-15-17-8-4-3-5-9-17/h3-14H,15-16H2,1-2H3. The van der Waals surface area contributed by atoms with Gasteiger partial charge in [-0.25, -0.2) is 0 Å². The fourth-order valence-electron chi connectivity index (χ4n) is 2.53. The van der Waals surface area contributed by atoms with E-state index in [4.69, 9.17) is 18.9 Å². The highest BCUT2D eigenvalue weighted by Gasteiger charge is 2.07. The first-order chi connectivity index (χ1) is 12.8. The molecule has 0 saturated heterocycles. The molecule has 0 aliphatic rings. The van der Waals surface area contributed by atoms with Gasteiger partial charge in [-0.05, 0) is 35.4 Å². The summed E-state index contributed by atoms with van der Waals surface area (Å²) in [7, 11) is 3.26. The van der Waals surface area contributed by atoms with Gasteiger partial charge < -0.3 is 18.9 Å². The Morgan fingerprint density at radius 3 is 1.62 bits per heavy atom. The Kier molecular flexibility index (Phi) is 5.99. The van der Waals surface area contributed by atoms with Gasteiger partial charge in [-0.15, -0.1) is 0 Å². The number of benzene rings is 3. The fourth-order valence-corrected chi connectivity index (χ4v) is 2.53. The summed E-state index contributed by atoms with van der Waals surface area (Å²) in [6.45, 7) is 0.882. The minimum absolute atomic E-state index is 0.388. The predicted octanol–water partition coefficient (Wildman–Crippen LogP) is 4.86. The second kappa shape index (κ2) is 8.81. The summed E-state index contributed by atoms with van der Waals surface area (Å²) in [5.41, 5.74) is 2.07. The average Bonchev–Trinajstić information content (AvgIpc) is 2.71. The van der Waals surface area contributed by atoms with E-state index in [9.17, 15) is 0 Å². The molecule has 0 saturated carbocycles. The van der Waals surface area contributed by atoms with Crippen LogP contribution in [0.2, 0.25) is 0 Å². The van der Waals surface area contributed by atoms with Crippen LogP contribution in [0.25, 0.3) is 0 Å². The monoisotopic (exact) mass is 350 g/mol. The van der Waals surface area contributed by atoms with E-state index in [2.05, 4.69) is 0 Å². The zero-order chi connectivity index (χ0) is 18.2. The van der Waals surface area contributed by atoms with Crippen molar-refractivity contribution in [1.82, 2.24) is 0 Å². The topological polar surface area (TPSA) is 36.9 Å². The Balaban J connectivity index is 1.68. The molecular formula is C22H22O4. The third-order valence-corrected chi connectivity index (χ3v) is 3.89. The lowest BCUT2D eigenvalue weighted by molar-refractivity contribution is 0.255. The fraction of sp³-hybridized carbons (Fsp3) is 0.182. The Labute approximate surface area is 153 Å². The van der Waals surface area contributed by atoms with Gasteiger partial charge in [0, 0.05) is 6.07 Å². The highest BCUT2D eigenvalue weighted by atomic mass is 16.5. The zero-order valence-electron chi connectivity index (χ0n) is 15.0. The third kappa shape index (κ3) is 4.70. The molecule has 0 bridgehead atoms. The lowest BCUT2D eigenvalue weighted by atomic mass is 10.2. The molecule has 3 rings (SSSR count). The van der Waals surface area contributed by atoms with Crippen LogP contribution in [0.3, 0.4) is 0 Å². The van der Waals surface area contributed by atoms with Crippen molar-refractivity contribution in [3.05, 3.63) is 83.9 Å². The van der Waals surface area contributed by atoms with Gasteiger partial charge in [0.2, 0.25) is 0 Å². The molecule has 0 radical (unpaired) electrons. The van der Waals surface area contributed by atoms with Crippen molar-refractivity contribution in [2.75, 3.05) is 14.2 Å². The summed E-state index contributed by atoms with van der Waals surface area (Å²) >= 11 is 0. The van der Waals surface area contributed by atoms with Crippen LogP contribution in [0, 0.1) is 0 Å². The smallest absolute Gasteiger partial charge is 0.161 e. The number of para-hydroxylation sites is 2. The van der Waals surface area contributed by atoms with E-state index >= 15 is 0 Å². The normalized spacial score (nSPS) is 10.2. The number of hydrogen-bond acceptors (Lipinski definition) is 4. The summed E-state index contributed by atoms with van der Waals surface area (Å²) in [6, 6.07) is 23.4. The predicted molar refractivity (Wildman–Crippen MR) is 101 cm³/mol. The van der Waals surface area contributed by atoms with Crippen LogP contribution < -0.4 is 18.9 Å². The molecule has 0 fully saturated rings. The first-order valence-corrected chi connectivity index (χ1v) is 8.39. The highest BCUT2D eigenvalue weighted by molar-refractivity contribution is 5.41. The van der Waals surface area contributed by atoms with Gasteiger partial charge >= 0.3 is 0 Å². The molecule has 4 nitrogen and oxygen atoms in total. The van der Waals surface area contributed by atoms with E-state index < -0.39 is 0 Å². The second-order valence-corrected chi connectivity index (χ2v) is 5.73. The summed E-state index contributed by atoms with van der Waals surface area (Å²) in [4.78, 5) is 0. The molecule has 0 amide bonds. The van der Waals surface area contributed by atoms with Crippen molar-refractivity contribution in [3.8, 4) is 23.0 Å². The van der Waals surface area contributed by atoms with Gasteiger partial charge in [0.15, 0.2) is 11.5 Å². The van der Waals surface area contributed by atoms with Crippen molar-refractivity contribution >= 4 is 0 Å². The molecule has 3 aromatic rings. The highest BCUT2D eigenvalue weighted by Crippen LogP contribution is 2.29. The molecular weight excluding hydrogens is 328 g/mol. The first-order valence-electron chi connectivity index (χ1n) is 8.39. The quantitative estimate of drug-likeness (QED) is 0.581. The summed E-state index contributed by atoms with van der Waals surface area (Å²) in [5, 5.41) is 0. The lowest BCUT2D eigenvalue weighted by Gasteiger charge is -2.14. The van der Waals surface area contributed by atoms with E-state index in [1.165, 1.54) is 0 Å². The Bertz CT molecular complexity index is 808. The van der Waals surface area contributed by atoms with Gasteiger partial charge in [-0.3, -0.25) is 0 Å². The lowest BCUT2D eigenvalue weighted by Crippen LogP contribution is -2.01. The van der Waals surface area contributed by atoms with Crippen molar-refractivity contribution in [3.63, 3.8) is 0 Å². The van der Waals surface area contributed by atoms with E-state index in [0.717, 1.165) is 22.6 Å². The van der Waals surface area contributed by atoms with Gasteiger partial charge in [0.05, 0.1) is 14.2 Å². The van der Waals surface area contributed by atoms with Gasteiger partial charge in [-0.1, -0.05) is 42.5 Å². The van der Waals surface area contributed by atoms with Gasteiger partial charge in [0.25, 0.3) is 0 Å². The van der Waals surface area contributed by atoms with E-state index in [1.54, 1.807) is 14.2 Å². The van der Waals surface area contributed by atoms with Crippen LogP contribution in [0.15, 0.2) is 72.8 Å². The third-order valence-electron chi connectivity index (χ3n) is 3.89. The van der Waals surface area contributed by atoms with Crippen molar-refractivity contribution in [2.24, 2.45) is 0 Å². The Morgan fingerprint density at radius 1 is 0.577 bits per heavy atom. The average molecular weight is 350 g/mol. The molecule has 4 heteroatoms. The number of hydrogen-bond donors (Lipinski definition) is 0. The van der Waals surface area contributed by atoms with Gasteiger partial charge in [0.1, 0.15) is 24.7 Å². The molecule has 26 heavy (non-hydrogen) atoms. The summed E-state index contributed by atoms with van der Waals surface area (Å²) in [5.74, 6) is 2.88. The summed E-state index contributed by atoms with van der Waals surface area (Å²) < 4.78 is 22.5. The van der Waals surface area contributed by atoms with Crippen molar-refractivity contribution in [1.29, 1.82) is 0 Å². The molecule has 134 valence electrons. The van der Waals surface area contributed by atoms with E-state index in [-0.39, 0.29) is 0 Å². The molecule has 3 aromatic carbocycles. The van der Waals surface area contributed by atoms with Gasteiger partial charge in [-0.2, -0.15) is 0 Å². The van der Waals surface area contributed by atoms with E-state index in [0.29, 0.717) is 24.7 Å². The second-order valence-electron chi connectivity index (χ2n) is 5.73. The Morgan fingerprint density at radius 2 is 1.08 bits per heavy atom. The van der Waals surface area contributed by atoms with Crippen LogP contribution in [0.5, 0.6) is 23.0 Å². The molecule has 0 atom stereocenters.